The Bertz CT molecular complexity index is 245. The molecule has 1 atom stereocenters. The number of ether oxygens (including phenoxy) is 1. The topological polar surface area (TPSA) is 64.3 Å². The van der Waals surface area contributed by atoms with Crippen LogP contribution in [0.1, 0.15) is 33.1 Å². The van der Waals surface area contributed by atoms with Crippen LogP contribution in [0.25, 0.3) is 0 Å². The first kappa shape index (κ1) is 14.8. The molecule has 0 aliphatic carbocycles. The second kappa shape index (κ2) is 7.24. The molecule has 1 fully saturated rings. The lowest BCUT2D eigenvalue weighted by molar-refractivity contribution is -0.123. The third-order valence-electron chi connectivity index (χ3n) is 3.23. The van der Waals surface area contributed by atoms with Crippen molar-refractivity contribution in [1.29, 1.82) is 0 Å². The van der Waals surface area contributed by atoms with E-state index in [0.29, 0.717) is 5.25 Å². The van der Waals surface area contributed by atoms with Crippen LogP contribution in [0.15, 0.2) is 0 Å². The van der Waals surface area contributed by atoms with Crippen molar-refractivity contribution in [2.75, 3.05) is 25.5 Å². The minimum atomic E-state index is -0.563. The molecule has 1 heterocycles. The lowest BCUT2D eigenvalue weighted by atomic mass is 9.98. The maximum Gasteiger partial charge on any atom is 0.237 e. The average Bonchev–Trinajstić information content (AvgIpc) is 2.30. The van der Waals surface area contributed by atoms with Crippen LogP contribution in [0.5, 0.6) is 0 Å². The zero-order valence-electron chi connectivity index (χ0n) is 10.8. The predicted molar refractivity (Wildman–Crippen MR) is 72.2 cm³/mol. The number of amides is 1. The number of rotatable bonds is 7. The molecule has 1 saturated heterocycles. The minimum Gasteiger partial charge on any atom is -0.381 e. The van der Waals surface area contributed by atoms with Crippen molar-refractivity contribution < 1.29 is 9.53 Å². The van der Waals surface area contributed by atoms with Crippen molar-refractivity contribution in [3.63, 3.8) is 0 Å². The molecule has 0 aromatic rings. The Morgan fingerprint density at radius 2 is 2.18 bits per heavy atom. The minimum absolute atomic E-state index is 0.257. The number of likely N-dealkylation sites (N-methyl/N-ethyl adjacent to an activating group) is 1. The summed E-state index contributed by atoms with van der Waals surface area (Å²) in [5, 5.41) is 3.87. The van der Waals surface area contributed by atoms with Crippen LogP contribution in [0.2, 0.25) is 0 Å². The third-order valence-corrected chi connectivity index (χ3v) is 4.62. The fourth-order valence-electron chi connectivity index (χ4n) is 1.96. The quantitative estimate of drug-likeness (QED) is 0.720. The summed E-state index contributed by atoms with van der Waals surface area (Å²) in [7, 11) is 0. The number of primary amides is 1. The summed E-state index contributed by atoms with van der Waals surface area (Å²) in [4.78, 5) is 11.4. The second-order valence-corrected chi connectivity index (χ2v) is 6.07. The highest BCUT2D eigenvalue weighted by atomic mass is 32.2. The van der Waals surface area contributed by atoms with Gasteiger partial charge in [-0.15, -0.1) is 0 Å². The van der Waals surface area contributed by atoms with E-state index in [0.717, 1.165) is 44.8 Å². The molecule has 1 aliphatic rings. The van der Waals surface area contributed by atoms with Gasteiger partial charge in [0.15, 0.2) is 0 Å². The average molecular weight is 260 g/mol. The van der Waals surface area contributed by atoms with Gasteiger partial charge in [0.2, 0.25) is 5.91 Å². The Morgan fingerprint density at radius 1 is 1.53 bits per heavy atom. The molecule has 1 rings (SSSR count). The van der Waals surface area contributed by atoms with Crippen LogP contribution in [-0.4, -0.2) is 42.2 Å². The lowest BCUT2D eigenvalue weighted by Crippen LogP contribution is -2.53. The van der Waals surface area contributed by atoms with Crippen LogP contribution >= 0.6 is 11.8 Å². The Hall–Kier alpha value is -0.260. The highest BCUT2D eigenvalue weighted by Gasteiger charge is 2.29. The number of nitrogens with two attached hydrogens (primary N) is 1. The maximum atomic E-state index is 11.4. The molecule has 1 unspecified atom stereocenters. The van der Waals surface area contributed by atoms with Gasteiger partial charge in [-0.25, -0.2) is 0 Å². The van der Waals surface area contributed by atoms with E-state index in [4.69, 9.17) is 10.5 Å². The van der Waals surface area contributed by atoms with Gasteiger partial charge in [0.1, 0.15) is 0 Å². The smallest absolute Gasteiger partial charge is 0.237 e. The summed E-state index contributed by atoms with van der Waals surface area (Å²) >= 11 is 1.94. The van der Waals surface area contributed by atoms with Crippen molar-refractivity contribution in [3.8, 4) is 0 Å². The van der Waals surface area contributed by atoms with Crippen molar-refractivity contribution in [2.24, 2.45) is 5.73 Å². The second-order valence-electron chi connectivity index (χ2n) is 4.66. The van der Waals surface area contributed by atoms with Crippen LogP contribution in [0, 0.1) is 0 Å². The van der Waals surface area contributed by atoms with E-state index in [1.807, 2.05) is 25.6 Å². The van der Waals surface area contributed by atoms with Crippen molar-refractivity contribution in [2.45, 2.75) is 43.9 Å². The van der Waals surface area contributed by atoms with Gasteiger partial charge in [-0.2, -0.15) is 11.8 Å². The molecule has 5 heteroatoms. The van der Waals surface area contributed by atoms with E-state index in [1.54, 1.807) is 0 Å². The molecule has 3 N–H and O–H groups in total. The lowest BCUT2D eigenvalue weighted by Gasteiger charge is -2.28. The first-order chi connectivity index (χ1) is 8.08. The van der Waals surface area contributed by atoms with E-state index in [2.05, 4.69) is 5.32 Å². The summed E-state index contributed by atoms with van der Waals surface area (Å²) < 4.78 is 5.32. The van der Waals surface area contributed by atoms with Gasteiger partial charge in [-0.1, -0.05) is 6.92 Å². The molecule has 100 valence electrons. The largest absolute Gasteiger partial charge is 0.381 e. The van der Waals surface area contributed by atoms with Crippen molar-refractivity contribution in [1.82, 2.24) is 5.32 Å². The fraction of sp³-hybridized carbons (Fsp3) is 0.917. The number of carbonyl (C=O) groups excluding carboxylic acids is 1. The number of nitrogens with one attached hydrogen (secondary N) is 1. The third kappa shape index (κ3) is 4.85. The zero-order chi connectivity index (χ0) is 12.7. The number of thioether (sulfide) groups is 1. The van der Waals surface area contributed by atoms with Gasteiger partial charge in [-0.3, -0.25) is 4.79 Å². The maximum absolute atomic E-state index is 11.4. The van der Waals surface area contributed by atoms with E-state index in [-0.39, 0.29) is 5.91 Å². The van der Waals surface area contributed by atoms with E-state index in [1.165, 1.54) is 0 Å². The van der Waals surface area contributed by atoms with Crippen molar-refractivity contribution in [3.05, 3.63) is 0 Å². The van der Waals surface area contributed by atoms with E-state index < -0.39 is 5.54 Å². The van der Waals surface area contributed by atoms with Gasteiger partial charge in [0.25, 0.3) is 0 Å². The van der Waals surface area contributed by atoms with Gasteiger partial charge >= 0.3 is 0 Å². The van der Waals surface area contributed by atoms with Gasteiger partial charge in [0.05, 0.1) is 5.54 Å². The van der Waals surface area contributed by atoms with Crippen molar-refractivity contribution >= 4 is 17.7 Å². The van der Waals surface area contributed by atoms with Gasteiger partial charge < -0.3 is 15.8 Å². The summed E-state index contributed by atoms with van der Waals surface area (Å²) in [5.74, 6) is 0.712. The molecule has 0 aromatic heterocycles. The first-order valence-electron chi connectivity index (χ1n) is 6.33. The standard InChI is InChI=1S/C12H24N2O2S/c1-3-14-12(2,11(13)15)6-9-17-10-4-7-16-8-5-10/h10,14H,3-9H2,1-2H3,(H2,13,15). The summed E-state index contributed by atoms with van der Waals surface area (Å²) in [6.07, 6.45) is 3.04. The number of hydrogen-bond acceptors (Lipinski definition) is 4. The number of hydrogen-bond donors (Lipinski definition) is 2. The zero-order valence-corrected chi connectivity index (χ0v) is 11.6. The molecular formula is C12H24N2O2S. The Kier molecular flexibility index (Phi) is 6.30. The van der Waals surface area contributed by atoms with Crippen LogP contribution in [0.3, 0.4) is 0 Å². The molecule has 17 heavy (non-hydrogen) atoms. The summed E-state index contributed by atoms with van der Waals surface area (Å²) in [6.45, 7) is 6.40. The molecule has 0 aromatic carbocycles. The van der Waals surface area contributed by atoms with Crippen LogP contribution in [0.4, 0.5) is 0 Å². The summed E-state index contributed by atoms with van der Waals surface area (Å²) in [6, 6.07) is 0. The normalized spacial score (nSPS) is 21.1. The van der Waals surface area contributed by atoms with Crippen LogP contribution in [-0.2, 0) is 9.53 Å². The molecule has 0 spiro atoms. The molecular weight excluding hydrogens is 236 g/mol. The molecule has 1 aliphatic heterocycles. The van der Waals surface area contributed by atoms with Gasteiger partial charge in [-0.05, 0) is 38.5 Å². The SMILES string of the molecule is CCNC(C)(CCSC1CCOCC1)C(N)=O. The molecule has 0 radical (unpaired) electrons. The highest BCUT2D eigenvalue weighted by Crippen LogP contribution is 2.24. The van der Waals surface area contributed by atoms with E-state index >= 15 is 0 Å². The summed E-state index contributed by atoms with van der Waals surface area (Å²) in [5.41, 5.74) is 4.88. The van der Waals surface area contributed by atoms with Gasteiger partial charge in [0, 0.05) is 18.5 Å². The predicted octanol–water partition coefficient (Wildman–Crippen LogP) is 1.14. The fourth-order valence-corrected chi connectivity index (χ4v) is 3.35. The van der Waals surface area contributed by atoms with Crippen LogP contribution < -0.4 is 11.1 Å². The first-order valence-corrected chi connectivity index (χ1v) is 7.37. The number of carbonyl (C=O) groups is 1. The Labute approximate surface area is 108 Å². The highest BCUT2D eigenvalue weighted by molar-refractivity contribution is 7.99. The van der Waals surface area contributed by atoms with E-state index in [9.17, 15) is 4.79 Å². The molecule has 0 bridgehead atoms. The monoisotopic (exact) mass is 260 g/mol. The molecule has 4 nitrogen and oxygen atoms in total. The molecule has 1 amide bonds. The Balaban J connectivity index is 2.28. The molecule has 0 saturated carbocycles. The Morgan fingerprint density at radius 3 is 2.71 bits per heavy atom.